The van der Waals surface area contributed by atoms with Gasteiger partial charge in [0.05, 0.1) is 31.5 Å². The molecular formula is C13H28N2O5Si. The van der Waals surface area contributed by atoms with Crippen LogP contribution in [0, 0.1) is 5.92 Å². The number of aliphatic hydroxyl groups is 3. The molecular weight excluding hydrogens is 292 g/mol. The lowest BCUT2D eigenvalue weighted by Gasteiger charge is -2.41. The van der Waals surface area contributed by atoms with E-state index < -0.39 is 38.5 Å². The lowest BCUT2D eigenvalue weighted by Crippen LogP contribution is -2.62. The fourth-order valence-corrected chi connectivity index (χ4v) is 3.96. The van der Waals surface area contributed by atoms with Crippen LogP contribution in [0.25, 0.3) is 0 Å². The van der Waals surface area contributed by atoms with Crippen LogP contribution in [-0.4, -0.2) is 73.0 Å². The highest BCUT2D eigenvalue weighted by atomic mass is 28.3. The van der Waals surface area contributed by atoms with E-state index in [4.69, 9.17) is 4.84 Å². The minimum atomic E-state index is -1.83. The molecule has 21 heavy (non-hydrogen) atoms. The number of hydrogen-bond acceptors (Lipinski definition) is 6. The van der Waals surface area contributed by atoms with E-state index in [1.807, 2.05) is 19.6 Å². The SMILES string of the molecule is CON(C)C(=O)C(N[Si](C)(C)C)[C@H]1C[C@@H](O)C[C@@H](O)[C@@H]1O. The quantitative estimate of drug-likeness (QED) is 0.394. The van der Waals surface area contributed by atoms with E-state index >= 15 is 0 Å². The zero-order valence-electron chi connectivity index (χ0n) is 13.4. The van der Waals surface area contributed by atoms with E-state index in [2.05, 4.69) is 4.98 Å². The maximum absolute atomic E-state index is 12.5. The second kappa shape index (κ2) is 7.17. The topological polar surface area (TPSA) is 102 Å². The van der Waals surface area contributed by atoms with Crippen molar-refractivity contribution in [3.05, 3.63) is 0 Å². The average Bonchev–Trinajstić information content (AvgIpc) is 2.37. The molecule has 7 nitrogen and oxygen atoms in total. The summed E-state index contributed by atoms with van der Waals surface area (Å²) < 4.78 is 0. The molecule has 1 saturated carbocycles. The first-order valence-corrected chi connectivity index (χ1v) is 10.7. The molecule has 0 bridgehead atoms. The van der Waals surface area contributed by atoms with E-state index in [-0.39, 0.29) is 18.7 Å². The Morgan fingerprint density at radius 2 is 1.86 bits per heavy atom. The van der Waals surface area contributed by atoms with E-state index in [9.17, 15) is 20.1 Å². The molecule has 0 aromatic rings. The third-order valence-electron chi connectivity index (χ3n) is 3.76. The first kappa shape index (κ1) is 18.5. The Balaban J connectivity index is 3.01. The fraction of sp³-hybridized carbons (Fsp3) is 0.923. The van der Waals surface area contributed by atoms with Crippen LogP contribution in [-0.2, 0) is 9.63 Å². The number of nitrogens with one attached hydrogen (secondary N) is 1. The standard InChI is InChI=1S/C13H28N2O5Si/c1-15(20-2)13(19)11(14-21(3,4)5)9-6-8(16)7-10(17)12(9)18/h8-12,14,16-18H,6-7H2,1-5H3/t8-,9-,10-,11?,12-/m1/s1. The molecule has 4 N–H and O–H groups in total. The molecule has 1 aliphatic rings. The normalized spacial score (nSPS) is 31.8. The smallest absolute Gasteiger partial charge is 0.262 e. The van der Waals surface area contributed by atoms with Gasteiger partial charge < -0.3 is 20.3 Å². The Labute approximate surface area is 126 Å². The summed E-state index contributed by atoms with van der Waals surface area (Å²) in [4.78, 5) is 20.7. The maximum Gasteiger partial charge on any atom is 0.262 e. The van der Waals surface area contributed by atoms with Crippen LogP contribution in [0.5, 0.6) is 0 Å². The van der Waals surface area contributed by atoms with Crippen LogP contribution < -0.4 is 4.98 Å². The minimum Gasteiger partial charge on any atom is -0.393 e. The molecule has 0 spiro atoms. The van der Waals surface area contributed by atoms with Gasteiger partial charge in [-0.3, -0.25) is 9.63 Å². The predicted molar refractivity (Wildman–Crippen MR) is 80.8 cm³/mol. The van der Waals surface area contributed by atoms with Crippen LogP contribution in [0.1, 0.15) is 12.8 Å². The fourth-order valence-electron chi connectivity index (χ4n) is 2.69. The summed E-state index contributed by atoms with van der Waals surface area (Å²) >= 11 is 0. The van der Waals surface area contributed by atoms with Crippen LogP contribution in [0.2, 0.25) is 19.6 Å². The van der Waals surface area contributed by atoms with Gasteiger partial charge in [0.25, 0.3) is 5.91 Å². The second-order valence-electron chi connectivity index (χ2n) is 6.74. The van der Waals surface area contributed by atoms with Crippen LogP contribution >= 0.6 is 0 Å². The lowest BCUT2D eigenvalue weighted by molar-refractivity contribution is -0.176. The minimum absolute atomic E-state index is 0.131. The lowest BCUT2D eigenvalue weighted by atomic mass is 9.78. The zero-order valence-corrected chi connectivity index (χ0v) is 14.4. The van der Waals surface area contributed by atoms with Gasteiger partial charge in [-0.05, 0) is 6.42 Å². The van der Waals surface area contributed by atoms with Crippen LogP contribution in [0.4, 0.5) is 0 Å². The molecule has 8 heteroatoms. The third-order valence-corrected chi connectivity index (χ3v) is 4.93. The van der Waals surface area contributed by atoms with Gasteiger partial charge in [-0.1, -0.05) is 19.6 Å². The van der Waals surface area contributed by atoms with Gasteiger partial charge in [-0.25, -0.2) is 5.06 Å². The van der Waals surface area contributed by atoms with E-state index in [1.54, 1.807) is 0 Å². The first-order chi connectivity index (χ1) is 9.56. The number of amides is 1. The highest BCUT2D eigenvalue weighted by molar-refractivity contribution is 6.73. The molecule has 1 aliphatic carbocycles. The van der Waals surface area contributed by atoms with Crippen LogP contribution in [0.15, 0.2) is 0 Å². The molecule has 1 fully saturated rings. The molecule has 0 heterocycles. The molecule has 1 rings (SSSR count). The number of carbonyl (C=O) groups is 1. The van der Waals surface area contributed by atoms with Crippen molar-refractivity contribution in [3.63, 3.8) is 0 Å². The zero-order chi connectivity index (χ0) is 16.4. The highest BCUT2D eigenvalue weighted by Gasteiger charge is 2.44. The number of nitrogens with zero attached hydrogens (tertiary/aromatic N) is 1. The second-order valence-corrected chi connectivity index (χ2v) is 11.5. The summed E-state index contributed by atoms with van der Waals surface area (Å²) in [5.41, 5.74) is 0. The van der Waals surface area contributed by atoms with E-state index in [0.29, 0.717) is 0 Å². The largest absolute Gasteiger partial charge is 0.393 e. The molecule has 0 aromatic heterocycles. The summed E-state index contributed by atoms with van der Waals surface area (Å²) in [6.07, 6.45) is -2.39. The summed E-state index contributed by atoms with van der Waals surface area (Å²) in [6.45, 7) is 6.13. The maximum atomic E-state index is 12.5. The van der Waals surface area contributed by atoms with Crippen molar-refractivity contribution in [2.75, 3.05) is 14.2 Å². The van der Waals surface area contributed by atoms with Gasteiger partial charge in [0.15, 0.2) is 0 Å². The number of carbonyl (C=O) groups excluding carboxylic acids is 1. The van der Waals surface area contributed by atoms with Gasteiger partial charge >= 0.3 is 0 Å². The molecule has 0 radical (unpaired) electrons. The highest BCUT2D eigenvalue weighted by Crippen LogP contribution is 2.29. The summed E-state index contributed by atoms with van der Waals surface area (Å²) in [6, 6.07) is -0.693. The number of aliphatic hydroxyl groups excluding tert-OH is 3. The van der Waals surface area contributed by atoms with Crippen molar-refractivity contribution in [2.24, 2.45) is 5.92 Å². The van der Waals surface area contributed by atoms with Crippen molar-refractivity contribution in [1.29, 1.82) is 0 Å². The Hall–Kier alpha value is -0.513. The van der Waals surface area contributed by atoms with E-state index in [0.717, 1.165) is 5.06 Å². The molecule has 0 aliphatic heterocycles. The van der Waals surface area contributed by atoms with Gasteiger partial charge in [0.1, 0.15) is 8.24 Å². The Bertz CT molecular complexity index is 363. The monoisotopic (exact) mass is 320 g/mol. The van der Waals surface area contributed by atoms with E-state index in [1.165, 1.54) is 14.2 Å². The number of hydrogen-bond donors (Lipinski definition) is 4. The van der Waals surface area contributed by atoms with Crippen molar-refractivity contribution in [3.8, 4) is 0 Å². The van der Waals surface area contributed by atoms with Crippen molar-refractivity contribution in [2.45, 2.75) is 56.8 Å². The van der Waals surface area contributed by atoms with Gasteiger partial charge in [-0.2, -0.15) is 0 Å². The van der Waals surface area contributed by atoms with Crippen molar-refractivity contribution < 1.29 is 25.0 Å². The van der Waals surface area contributed by atoms with Crippen molar-refractivity contribution >= 4 is 14.1 Å². The molecule has 0 saturated heterocycles. The van der Waals surface area contributed by atoms with Crippen molar-refractivity contribution in [1.82, 2.24) is 10.0 Å². The number of hydroxylamine groups is 2. The molecule has 1 amide bonds. The molecule has 5 atom stereocenters. The Morgan fingerprint density at radius 3 is 2.33 bits per heavy atom. The van der Waals surface area contributed by atoms with Gasteiger partial charge in [0, 0.05) is 19.4 Å². The molecule has 1 unspecified atom stereocenters. The Kier molecular flexibility index (Phi) is 6.32. The molecule has 124 valence electrons. The number of rotatable bonds is 5. The predicted octanol–water partition coefficient (Wildman–Crippen LogP) is -0.708. The number of likely N-dealkylation sites (N-methyl/N-ethyl adjacent to an activating group) is 1. The first-order valence-electron chi connectivity index (χ1n) is 7.20. The molecule has 0 aromatic carbocycles. The Morgan fingerprint density at radius 1 is 1.29 bits per heavy atom. The summed E-state index contributed by atoms with van der Waals surface area (Å²) in [7, 11) is 1.07. The summed E-state index contributed by atoms with van der Waals surface area (Å²) in [5.74, 6) is -0.870. The summed E-state index contributed by atoms with van der Waals surface area (Å²) in [5, 5.41) is 31.0. The average molecular weight is 320 g/mol. The third kappa shape index (κ3) is 5.01. The van der Waals surface area contributed by atoms with Gasteiger partial charge in [0.2, 0.25) is 0 Å². The van der Waals surface area contributed by atoms with Gasteiger partial charge in [-0.15, -0.1) is 0 Å². The van der Waals surface area contributed by atoms with Crippen LogP contribution in [0.3, 0.4) is 0 Å².